The van der Waals surface area contributed by atoms with E-state index in [0.29, 0.717) is 6.33 Å². The van der Waals surface area contributed by atoms with Crippen molar-refractivity contribution in [3.05, 3.63) is 47.3 Å². The molecule has 2 aliphatic rings. The molecule has 0 unspecified atom stereocenters. The highest BCUT2D eigenvalue weighted by atomic mass is 19.1. The van der Waals surface area contributed by atoms with Crippen molar-refractivity contribution in [3.8, 4) is 11.8 Å². The smallest absolute Gasteiger partial charge is 0.142 e. The van der Waals surface area contributed by atoms with E-state index in [1.54, 1.807) is 6.08 Å². The van der Waals surface area contributed by atoms with Crippen molar-refractivity contribution >= 4 is 0 Å². The molecule has 146 valence electrons. The van der Waals surface area contributed by atoms with Crippen LogP contribution < -0.4 is 0 Å². The second kappa shape index (κ2) is 9.49. The molecule has 1 aromatic carbocycles. The summed E-state index contributed by atoms with van der Waals surface area (Å²) in [5.74, 6) is 6.15. The van der Waals surface area contributed by atoms with Crippen molar-refractivity contribution < 1.29 is 13.2 Å². The molecule has 2 saturated carbocycles. The van der Waals surface area contributed by atoms with Crippen molar-refractivity contribution in [3.63, 3.8) is 0 Å². The molecular formula is C24H29F3. The highest BCUT2D eigenvalue weighted by Gasteiger charge is 2.23. The number of halogens is 3. The molecule has 27 heavy (non-hydrogen) atoms. The van der Waals surface area contributed by atoms with Gasteiger partial charge >= 0.3 is 0 Å². The predicted molar refractivity (Wildman–Crippen MR) is 104 cm³/mol. The van der Waals surface area contributed by atoms with Gasteiger partial charge in [0.05, 0.1) is 11.9 Å². The molecule has 0 saturated heterocycles. The van der Waals surface area contributed by atoms with Crippen LogP contribution in [0.1, 0.15) is 81.8 Å². The van der Waals surface area contributed by atoms with E-state index in [-0.39, 0.29) is 23.3 Å². The first-order valence-corrected chi connectivity index (χ1v) is 10.4. The lowest BCUT2D eigenvalue weighted by Gasteiger charge is -2.28. The van der Waals surface area contributed by atoms with Crippen LogP contribution in [0, 0.1) is 41.2 Å². The molecule has 3 heteroatoms. The Labute approximate surface area is 161 Å². The van der Waals surface area contributed by atoms with Crippen molar-refractivity contribution in [1.82, 2.24) is 0 Å². The van der Waals surface area contributed by atoms with Crippen LogP contribution in [0.2, 0.25) is 0 Å². The van der Waals surface area contributed by atoms with Gasteiger partial charge in [0.1, 0.15) is 11.6 Å². The van der Waals surface area contributed by atoms with Crippen LogP contribution in [-0.4, -0.2) is 0 Å². The summed E-state index contributed by atoms with van der Waals surface area (Å²) >= 11 is 0. The summed E-state index contributed by atoms with van der Waals surface area (Å²) < 4.78 is 41.3. The molecule has 0 spiro atoms. The summed E-state index contributed by atoms with van der Waals surface area (Å²) in [6.45, 7) is 2.21. The molecule has 0 aliphatic heterocycles. The molecule has 0 N–H and O–H groups in total. The average Bonchev–Trinajstić information content (AvgIpc) is 2.69. The summed E-state index contributed by atoms with van der Waals surface area (Å²) in [5.41, 5.74) is 0.676. The monoisotopic (exact) mass is 374 g/mol. The van der Waals surface area contributed by atoms with E-state index in [1.807, 2.05) is 0 Å². The minimum atomic E-state index is -0.538. The SMILES string of the molecule is CC[C@H]1CC[C@H](c2cc(F)c(C#C[C@H]3CC[C@H](C=CF)CC3)c(F)c2)CC1. The van der Waals surface area contributed by atoms with Crippen LogP contribution in [0.4, 0.5) is 13.2 Å². The lowest BCUT2D eigenvalue weighted by molar-refractivity contribution is 0.318. The summed E-state index contributed by atoms with van der Waals surface area (Å²) in [7, 11) is 0. The fourth-order valence-electron chi connectivity index (χ4n) is 4.58. The van der Waals surface area contributed by atoms with Crippen molar-refractivity contribution in [2.24, 2.45) is 17.8 Å². The van der Waals surface area contributed by atoms with Crippen LogP contribution in [-0.2, 0) is 0 Å². The molecular weight excluding hydrogens is 345 g/mol. The predicted octanol–water partition coefficient (Wildman–Crippen LogP) is 7.29. The lowest BCUT2D eigenvalue weighted by Crippen LogP contribution is -2.13. The largest absolute Gasteiger partial charge is 0.216 e. The minimum Gasteiger partial charge on any atom is -0.216 e. The van der Waals surface area contributed by atoms with Gasteiger partial charge in [0.15, 0.2) is 0 Å². The van der Waals surface area contributed by atoms with Gasteiger partial charge in [-0.2, -0.15) is 0 Å². The molecule has 0 aromatic heterocycles. The Morgan fingerprint density at radius 1 is 0.963 bits per heavy atom. The van der Waals surface area contributed by atoms with E-state index in [4.69, 9.17) is 0 Å². The number of rotatable bonds is 3. The molecule has 0 atom stereocenters. The Morgan fingerprint density at radius 3 is 2.15 bits per heavy atom. The minimum absolute atomic E-state index is 0.105. The summed E-state index contributed by atoms with van der Waals surface area (Å²) in [5, 5.41) is 0. The standard InChI is InChI=1S/C24H29F3/c1-2-17-7-10-20(11-8-17)21-15-23(26)22(24(27)16-21)12-9-18-3-5-19(6-4-18)13-14-25/h13-20H,2-8,10-11H2,1H3/t17-,18-,19-,20-. The third-order valence-electron chi connectivity index (χ3n) is 6.48. The molecule has 3 rings (SSSR count). The molecule has 0 heterocycles. The second-order valence-corrected chi connectivity index (χ2v) is 8.18. The second-order valence-electron chi connectivity index (χ2n) is 8.18. The zero-order valence-corrected chi connectivity index (χ0v) is 16.1. The Bertz CT molecular complexity index is 686. The quantitative estimate of drug-likeness (QED) is 0.487. The Morgan fingerprint density at radius 2 is 1.59 bits per heavy atom. The van der Waals surface area contributed by atoms with Crippen LogP contribution in [0.15, 0.2) is 24.5 Å². The van der Waals surface area contributed by atoms with Crippen LogP contribution in [0.5, 0.6) is 0 Å². The van der Waals surface area contributed by atoms with Gasteiger partial charge in [-0.1, -0.05) is 31.3 Å². The van der Waals surface area contributed by atoms with Gasteiger partial charge in [0.25, 0.3) is 0 Å². The highest BCUT2D eigenvalue weighted by Crippen LogP contribution is 2.37. The first kappa shape index (κ1) is 20.1. The van der Waals surface area contributed by atoms with Gasteiger partial charge in [-0.25, -0.2) is 13.2 Å². The van der Waals surface area contributed by atoms with E-state index in [0.717, 1.165) is 62.8 Å². The highest BCUT2D eigenvalue weighted by molar-refractivity contribution is 5.40. The maximum absolute atomic E-state index is 14.5. The summed E-state index contributed by atoms with van der Waals surface area (Å²) in [6, 6.07) is 2.99. The molecule has 0 radical (unpaired) electrons. The normalized spacial score (nSPS) is 28.7. The molecule has 1 aromatic rings. The first-order chi connectivity index (χ1) is 13.1. The van der Waals surface area contributed by atoms with Gasteiger partial charge in [-0.3, -0.25) is 0 Å². The van der Waals surface area contributed by atoms with Crippen LogP contribution in [0.25, 0.3) is 0 Å². The maximum atomic E-state index is 14.5. The zero-order valence-electron chi connectivity index (χ0n) is 16.1. The average molecular weight is 374 g/mol. The van der Waals surface area contributed by atoms with Gasteiger partial charge < -0.3 is 0 Å². The van der Waals surface area contributed by atoms with E-state index >= 15 is 0 Å². The number of allylic oxidation sites excluding steroid dienone is 1. The third kappa shape index (κ3) is 5.18. The number of hydrogen-bond acceptors (Lipinski definition) is 0. The summed E-state index contributed by atoms with van der Waals surface area (Å²) in [4.78, 5) is 0. The lowest BCUT2D eigenvalue weighted by atomic mass is 9.77. The molecule has 0 bridgehead atoms. The van der Waals surface area contributed by atoms with Crippen molar-refractivity contribution in [2.45, 2.75) is 70.6 Å². The van der Waals surface area contributed by atoms with E-state index in [1.165, 1.54) is 18.6 Å². The van der Waals surface area contributed by atoms with Gasteiger partial charge in [0, 0.05) is 5.92 Å². The Hall–Kier alpha value is -1.69. The van der Waals surface area contributed by atoms with Crippen LogP contribution >= 0.6 is 0 Å². The fourth-order valence-corrected chi connectivity index (χ4v) is 4.58. The topological polar surface area (TPSA) is 0 Å². The van der Waals surface area contributed by atoms with E-state index in [2.05, 4.69) is 18.8 Å². The number of benzene rings is 1. The van der Waals surface area contributed by atoms with Gasteiger partial charge in [-0.05, 0) is 86.8 Å². The molecule has 2 fully saturated rings. The number of hydrogen-bond donors (Lipinski definition) is 0. The van der Waals surface area contributed by atoms with E-state index < -0.39 is 11.6 Å². The summed E-state index contributed by atoms with van der Waals surface area (Å²) in [6.07, 6.45) is 11.2. The fraction of sp³-hybridized carbons (Fsp3) is 0.583. The molecule has 2 aliphatic carbocycles. The zero-order chi connectivity index (χ0) is 19.2. The third-order valence-corrected chi connectivity index (χ3v) is 6.48. The molecule has 0 nitrogen and oxygen atoms in total. The van der Waals surface area contributed by atoms with Gasteiger partial charge in [0.2, 0.25) is 0 Å². The Balaban J connectivity index is 1.66. The first-order valence-electron chi connectivity index (χ1n) is 10.4. The van der Waals surface area contributed by atoms with Crippen LogP contribution in [0.3, 0.4) is 0 Å². The molecule has 0 amide bonds. The van der Waals surface area contributed by atoms with Crippen molar-refractivity contribution in [2.75, 3.05) is 0 Å². The Kier molecular flexibility index (Phi) is 7.05. The van der Waals surface area contributed by atoms with Crippen molar-refractivity contribution in [1.29, 1.82) is 0 Å². The van der Waals surface area contributed by atoms with Gasteiger partial charge in [-0.15, -0.1) is 0 Å². The van der Waals surface area contributed by atoms with E-state index in [9.17, 15) is 13.2 Å². The maximum Gasteiger partial charge on any atom is 0.142 e.